The van der Waals surface area contributed by atoms with Gasteiger partial charge in [0.1, 0.15) is 11.3 Å². The predicted molar refractivity (Wildman–Crippen MR) is 78.4 cm³/mol. The Labute approximate surface area is 124 Å². The van der Waals surface area contributed by atoms with Crippen molar-refractivity contribution in [2.45, 2.75) is 38.6 Å². The predicted octanol–water partition coefficient (Wildman–Crippen LogP) is 2.22. The van der Waals surface area contributed by atoms with E-state index in [1.54, 1.807) is 12.1 Å². The molecule has 1 N–H and O–H groups in total. The normalized spacial score (nSPS) is 14.8. The molecule has 0 heterocycles. The van der Waals surface area contributed by atoms with Crippen molar-refractivity contribution in [1.29, 1.82) is 0 Å². The van der Waals surface area contributed by atoms with Crippen molar-refractivity contribution in [3.63, 3.8) is 0 Å². The minimum absolute atomic E-state index is 0.227. The molecule has 21 heavy (non-hydrogen) atoms. The Balaban J connectivity index is 1.89. The maximum atomic E-state index is 12.0. The molecule has 1 aliphatic rings. The molecule has 1 saturated carbocycles. The fourth-order valence-corrected chi connectivity index (χ4v) is 2.53. The van der Waals surface area contributed by atoms with Crippen LogP contribution in [0.5, 0.6) is 5.75 Å². The smallest absolute Gasteiger partial charge is 0.342 e. The lowest BCUT2D eigenvalue weighted by Crippen LogP contribution is -2.35. The van der Waals surface area contributed by atoms with Gasteiger partial charge in [0.25, 0.3) is 5.91 Å². The highest BCUT2D eigenvalue weighted by atomic mass is 16.5. The van der Waals surface area contributed by atoms with Crippen molar-refractivity contribution >= 4 is 11.9 Å². The van der Waals surface area contributed by atoms with E-state index in [0.717, 1.165) is 31.2 Å². The van der Waals surface area contributed by atoms with E-state index < -0.39 is 5.97 Å². The first-order chi connectivity index (χ1) is 10.1. The maximum absolute atomic E-state index is 12.0. The average molecular weight is 291 g/mol. The molecule has 1 aliphatic carbocycles. The van der Waals surface area contributed by atoms with Gasteiger partial charge in [-0.05, 0) is 31.9 Å². The Morgan fingerprint density at radius 2 is 2.00 bits per heavy atom. The molecular weight excluding hydrogens is 270 g/mol. The van der Waals surface area contributed by atoms with Crippen molar-refractivity contribution in [2.75, 3.05) is 13.7 Å². The molecule has 0 aliphatic heterocycles. The standard InChI is InChI=1S/C16H21NO4/c1-11-7-8-14(20-2)13(9-11)16(19)21-10-15(18)17-12-5-3-4-6-12/h7-9,12H,3-6,10H2,1-2H3,(H,17,18). The molecule has 0 unspecified atom stereocenters. The second-order valence-electron chi connectivity index (χ2n) is 5.33. The van der Waals surface area contributed by atoms with Gasteiger partial charge in [-0.25, -0.2) is 4.79 Å². The van der Waals surface area contributed by atoms with Crippen LogP contribution in [0.15, 0.2) is 18.2 Å². The quantitative estimate of drug-likeness (QED) is 0.845. The second-order valence-corrected chi connectivity index (χ2v) is 5.33. The van der Waals surface area contributed by atoms with Crippen LogP contribution in [-0.4, -0.2) is 31.6 Å². The minimum atomic E-state index is -0.544. The average Bonchev–Trinajstić information content (AvgIpc) is 2.97. The number of rotatable bonds is 5. The van der Waals surface area contributed by atoms with Gasteiger partial charge >= 0.3 is 5.97 Å². The summed E-state index contributed by atoms with van der Waals surface area (Å²) < 4.78 is 10.2. The lowest BCUT2D eigenvalue weighted by molar-refractivity contribution is -0.124. The molecule has 1 amide bonds. The van der Waals surface area contributed by atoms with Gasteiger partial charge < -0.3 is 14.8 Å². The fourth-order valence-electron chi connectivity index (χ4n) is 2.53. The van der Waals surface area contributed by atoms with Crippen LogP contribution in [0.1, 0.15) is 41.6 Å². The second kappa shape index (κ2) is 7.11. The lowest BCUT2D eigenvalue weighted by atomic mass is 10.1. The Kier molecular flexibility index (Phi) is 5.20. The zero-order valence-corrected chi connectivity index (χ0v) is 12.5. The lowest BCUT2D eigenvalue weighted by Gasteiger charge is -2.13. The first-order valence-electron chi connectivity index (χ1n) is 7.21. The molecule has 0 saturated heterocycles. The molecule has 1 aromatic carbocycles. The van der Waals surface area contributed by atoms with Gasteiger partial charge in [0.05, 0.1) is 7.11 Å². The summed E-state index contributed by atoms with van der Waals surface area (Å²) in [4.78, 5) is 23.8. The number of hydrogen-bond acceptors (Lipinski definition) is 4. The number of carbonyl (C=O) groups excluding carboxylic acids is 2. The van der Waals surface area contributed by atoms with Crippen molar-refractivity contribution < 1.29 is 19.1 Å². The highest BCUT2D eigenvalue weighted by Crippen LogP contribution is 2.20. The topological polar surface area (TPSA) is 64.6 Å². The van der Waals surface area contributed by atoms with Crippen LogP contribution in [0.25, 0.3) is 0 Å². The van der Waals surface area contributed by atoms with Gasteiger partial charge in [0.15, 0.2) is 6.61 Å². The Hall–Kier alpha value is -2.04. The first-order valence-corrected chi connectivity index (χ1v) is 7.21. The largest absolute Gasteiger partial charge is 0.496 e. The Morgan fingerprint density at radius 1 is 1.29 bits per heavy atom. The molecule has 0 radical (unpaired) electrons. The molecular formula is C16H21NO4. The summed E-state index contributed by atoms with van der Waals surface area (Å²) in [6.45, 7) is 1.62. The van der Waals surface area contributed by atoms with Crippen molar-refractivity contribution in [3.8, 4) is 5.75 Å². The van der Waals surface area contributed by atoms with E-state index in [-0.39, 0.29) is 18.6 Å². The van der Waals surface area contributed by atoms with Gasteiger partial charge in [-0.1, -0.05) is 24.5 Å². The van der Waals surface area contributed by atoms with Gasteiger partial charge in [-0.3, -0.25) is 4.79 Å². The molecule has 2 rings (SSSR count). The monoisotopic (exact) mass is 291 g/mol. The van der Waals surface area contributed by atoms with Gasteiger partial charge in [-0.2, -0.15) is 0 Å². The van der Waals surface area contributed by atoms with Crippen LogP contribution in [0, 0.1) is 6.92 Å². The molecule has 0 spiro atoms. The molecule has 1 aromatic rings. The number of ether oxygens (including phenoxy) is 2. The number of esters is 1. The van der Waals surface area contributed by atoms with Gasteiger partial charge in [0, 0.05) is 6.04 Å². The van der Waals surface area contributed by atoms with E-state index in [0.29, 0.717) is 11.3 Å². The molecule has 114 valence electrons. The number of carbonyl (C=O) groups is 2. The summed E-state index contributed by atoms with van der Waals surface area (Å²) >= 11 is 0. The fraction of sp³-hybridized carbons (Fsp3) is 0.500. The van der Waals surface area contributed by atoms with Gasteiger partial charge in [0.2, 0.25) is 0 Å². The van der Waals surface area contributed by atoms with Crippen molar-refractivity contribution in [2.24, 2.45) is 0 Å². The third-order valence-electron chi connectivity index (χ3n) is 3.63. The number of methoxy groups -OCH3 is 1. The summed E-state index contributed by atoms with van der Waals surface area (Å²) in [5.41, 5.74) is 1.27. The van der Waals surface area contributed by atoms with Crippen molar-refractivity contribution in [1.82, 2.24) is 5.32 Å². The molecule has 0 bridgehead atoms. The van der Waals surface area contributed by atoms with E-state index in [4.69, 9.17) is 9.47 Å². The van der Waals surface area contributed by atoms with E-state index in [2.05, 4.69) is 5.32 Å². The zero-order chi connectivity index (χ0) is 15.2. The molecule has 5 heteroatoms. The van der Waals surface area contributed by atoms with E-state index in [1.165, 1.54) is 7.11 Å². The summed E-state index contributed by atoms with van der Waals surface area (Å²) in [5.74, 6) is -0.346. The summed E-state index contributed by atoms with van der Waals surface area (Å²) in [6.07, 6.45) is 4.30. The van der Waals surface area contributed by atoms with Crippen LogP contribution < -0.4 is 10.1 Å². The zero-order valence-electron chi connectivity index (χ0n) is 12.5. The molecule has 1 fully saturated rings. The molecule has 5 nitrogen and oxygen atoms in total. The highest BCUT2D eigenvalue weighted by molar-refractivity contribution is 5.94. The molecule has 0 aromatic heterocycles. The van der Waals surface area contributed by atoms with Crippen LogP contribution in [-0.2, 0) is 9.53 Å². The van der Waals surface area contributed by atoms with Crippen LogP contribution in [0.4, 0.5) is 0 Å². The SMILES string of the molecule is COc1ccc(C)cc1C(=O)OCC(=O)NC1CCCC1. The number of hydrogen-bond donors (Lipinski definition) is 1. The van der Waals surface area contributed by atoms with Crippen molar-refractivity contribution in [3.05, 3.63) is 29.3 Å². The third-order valence-corrected chi connectivity index (χ3v) is 3.63. The van der Waals surface area contributed by atoms with E-state index >= 15 is 0 Å². The first kappa shape index (κ1) is 15.4. The third kappa shape index (κ3) is 4.21. The van der Waals surface area contributed by atoms with E-state index in [1.807, 2.05) is 13.0 Å². The number of benzene rings is 1. The minimum Gasteiger partial charge on any atom is -0.496 e. The number of amides is 1. The van der Waals surface area contributed by atoms with E-state index in [9.17, 15) is 9.59 Å². The number of aryl methyl sites for hydroxylation is 1. The van der Waals surface area contributed by atoms with Gasteiger partial charge in [-0.15, -0.1) is 0 Å². The summed E-state index contributed by atoms with van der Waals surface area (Å²) in [5, 5.41) is 2.88. The van der Waals surface area contributed by atoms with Crippen LogP contribution >= 0.6 is 0 Å². The highest BCUT2D eigenvalue weighted by Gasteiger charge is 2.19. The number of nitrogens with one attached hydrogen (secondary N) is 1. The Bertz CT molecular complexity index is 521. The summed E-state index contributed by atoms with van der Waals surface area (Å²) in [7, 11) is 1.49. The maximum Gasteiger partial charge on any atom is 0.342 e. The van der Waals surface area contributed by atoms with Crippen LogP contribution in [0.3, 0.4) is 0 Å². The summed E-state index contributed by atoms with van der Waals surface area (Å²) in [6, 6.07) is 5.48. The van der Waals surface area contributed by atoms with Crippen LogP contribution in [0.2, 0.25) is 0 Å². The molecule has 0 atom stereocenters. The Morgan fingerprint density at radius 3 is 2.67 bits per heavy atom.